The van der Waals surface area contributed by atoms with Crippen molar-refractivity contribution in [3.63, 3.8) is 0 Å². The van der Waals surface area contributed by atoms with Gasteiger partial charge in [0.1, 0.15) is 18.1 Å². The molecule has 0 unspecified atom stereocenters. The molecule has 0 aliphatic rings. The third-order valence-electron chi connectivity index (χ3n) is 4.61. The number of benzene rings is 1. The smallest absolute Gasteiger partial charge is 0.291 e. The number of anilines is 1. The third-order valence-corrected chi connectivity index (χ3v) is 4.61. The van der Waals surface area contributed by atoms with E-state index in [1.165, 1.54) is 13.0 Å². The van der Waals surface area contributed by atoms with Gasteiger partial charge in [0, 0.05) is 24.8 Å². The van der Waals surface area contributed by atoms with Gasteiger partial charge in [-0.2, -0.15) is 5.10 Å². The van der Waals surface area contributed by atoms with E-state index < -0.39 is 5.91 Å². The van der Waals surface area contributed by atoms with Crippen LogP contribution < -0.4 is 15.4 Å². The molecule has 168 valence electrons. The van der Waals surface area contributed by atoms with E-state index in [1.54, 1.807) is 41.2 Å². The van der Waals surface area contributed by atoms with Gasteiger partial charge >= 0.3 is 0 Å². The van der Waals surface area contributed by atoms with Crippen LogP contribution in [0.2, 0.25) is 0 Å². The van der Waals surface area contributed by atoms with Crippen LogP contribution in [0.1, 0.15) is 64.4 Å². The second-order valence-electron chi connectivity index (χ2n) is 7.09. The number of carbonyl (C=O) groups excluding carboxylic acids is 3. The van der Waals surface area contributed by atoms with E-state index in [-0.39, 0.29) is 29.8 Å². The summed E-state index contributed by atoms with van der Waals surface area (Å²) in [5, 5.41) is 9.69. The van der Waals surface area contributed by atoms with Crippen molar-refractivity contribution in [3.05, 3.63) is 65.4 Å². The number of carbonyl (C=O) groups is 3. The molecule has 0 aliphatic carbocycles. The summed E-state index contributed by atoms with van der Waals surface area (Å²) in [6.45, 7) is 6.53. The molecule has 2 amide bonds. The number of aryl methyl sites for hydroxylation is 1. The fourth-order valence-electron chi connectivity index (χ4n) is 2.87. The molecule has 32 heavy (non-hydrogen) atoms. The Morgan fingerprint density at radius 2 is 1.81 bits per heavy atom. The molecule has 0 radical (unpaired) electrons. The average Bonchev–Trinajstić information content (AvgIpc) is 3.43. The Balaban J connectivity index is 1.64. The highest BCUT2D eigenvalue weighted by molar-refractivity contribution is 6.07. The second kappa shape index (κ2) is 10.4. The van der Waals surface area contributed by atoms with E-state index in [0.717, 1.165) is 6.42 Å². The summed E-state index contributed by atoms with van der Waals surface area (Å²) in [5.41, 5.74) is 1.06. The predicted molar refractivity (Wildman–Crippen MR) is 118 cm³/mol. The van der Waals surface area contributed by atoms with Crippen LogP contribution in [0.5, 0.6) is 5.75 Å². The first-order valence-electron chi connectivity index (χ1n) is 10.4. The molecule has 0 atom stereocenters. The lowest BCUT2D eigenvalue weighted by Crippen LogP contribution is -2.26. The van der Waals surface area contributed by atoms with Gasteiger partial charge in [0.2, 0.25) is 0 Å². The summed E-state index contributed by atoms with van der Waals surface area (Å²) >= 11 is 0. The minimum absolute atomic E-state index is 0.0197. The molecule has 0 bridgehead atoms. The normalized spacial score (nSPS) is 10.6. The van der Waals surface area contributed by atoms with Gasteiger partial charge in [-0.15, -0.1) is 0 Å². The monoisotopic (exact) mass is 438 g/mol. The number of ketones is 1. The van der Waals surface area contributed by atoms with Crippen molar-refractivity contribution < 1.29 is 23.5 Å². The Hall–Kier alpha value is -3.88. The topological polar surface area (TPSA) is 115 Å². The van der Waals surface area contributed by atoms with Crippen LogP contribution in [0, 0.1) is 0 Å². The van der Waals surface area contributed by atoms with Gasteiger partial charge < -0.3 is 19.8 Å². The van der Waals surface area contributed by atoms with Crippen molar-refractivity contribution in [2.24, 2.45) is 0 Å². The largest absolute Gasteiger partial charge is 0.486 e. The first kappa shape index (κ1) is 22.8. The maximum Gasteiger partial charge on any atom is 0.291 e. The Morgan fingerprint density at radius 3 is 2.47 bits per heavy atom. The average molecular weight is 438 g/mol. The number of rotatable bonds is 10. The maximum atomic E-state index is 12.6. The maximum absolute atomic E-state index is 12.6. The zero-order valence-corrected chi connectivity index (χ0v) is 18.3. The summed E-state index contributed by atoms with van der Waals surface area (Å²) in [5.74, 6) is 0.248. The van der Waals surface area contributed by atoms with Crippen LogP contribution in [0.4, 0.5) is 5.69 Å². The number of nitrogens with one attached hydrogen (secondary N) is 2. The molecule has 9 nitrogen and oxygen atoms in total. The molecule has 0 saturated heterocycles. The second-order valence-corrected chi connectivity index (χ2v) is 7.09. The lowest BCUT2D eigenvalue weighted by atomic mass is 10.1. The van der Waals surface area contributed by atoms with E-state index in [0.29, 0.717) is 35.9 Å². The number of amides is 2. The van der Waals surface area contributed by atoms with E-state index in [9.17, 15) is 14.4 Å². The summed E-state index contributed by atoms with van der Waals surface area (Å²) in [6.07, 6.45) is 2.40. The first-order valence-corrected chi connectivity index (χ1v) is 10.4. The predicted octanol–water partition coefficient (Wildman–Crippen LogP) is 3.67. The van der Waals surface area contributed by atoms with E-state index in [2.05, 4.69) is 15.7 Å². The first-order chi connectivity index (χ1) is 15.4. The number of Topliss-reactive ketones (excluding diaryl/α,β-unsaturated/α-hetero) is 1. The highest BCUT2D eigenvalue weighted by Gasteiger charge is 2.20. The van der Waals surface area contributed by atoms with E-state index in [4.69, 9.17) is 9.15 Å². The summed E-state index contributed by atoms with van der Waals surface area (Å²) in [6, 6.07) is 9.94. The summed E-state index contributed by atoms with van der Waals surface area (Å²) < 4.78 is 12.8. The molecule has 0 spiro atoms. The highest BCUT2D eigenvalue weighted by Crippen LogP contribution is 2.19. The van der Waals surface area contributed by atoms with Crippen LogP contribution in [0.15, 0.2) is 47.0 Å². The van der Waals surface area contributed by atoms with E-state index in [1.807, 2.05) is 13.8 Å². The molecule has 3 aromatic rings. The van der Waals surface area contributed by atoms with Crippen molar-refractivity contribution in [1.82, 2.24) is 15.1 Å². The zero-order chi connectivity index (χ0) is 23.1. The standard InChI is InChI=1S/C23H26N4O5/c1-4-12-24-23(30)21-19(13-27(5-2)26-21)25-22(29)20-11-10-18(32-20)14-31-17-8-6-16(7-9-17)15(3)28/h6-11,13H,4-5,12,14H2,1-3H3,(H,24,30)(H,25,29). The molecule has 0 aliphatic heterocycles. The highest BCUT2D eigenvalue weighted by atomic mass is 16.5. The molecule has 1 aromatic carbocycles. The van der Waals surface area contributed by atoms with Crippen LogP contribution in [-0.4, -0.2) is 33.9 Å². The minimum atomic E-state index is -0.498. The van der Waals surface area contributed by atoms with Crippen molar-refractivity contribution in [2.45, 2.75) is 40.3 Å². The van der Waals surface area contributed by atoms with Gasteiger partial charge in [0.15, 0.2) is 17.2 Å². The van der Waals surface area contributed by atoms with Crippen molar-refractivity contribution in [2.75, 3.05) is 11.9 Å². The lowest BCUT2D eigenvalue weighted by molar-refractivity contribution is 0.0947. The van der Waals surface area contributed by atoms with Gasteiger partial charge in [0.05, 0.1) is 5.69 Å². The van der Waals surface area contributed by atoms with Gasteiger partial charge in [-0.1, -0.05) is 6.92 Å². The molecule has 0 fully saturated rings. The van der Waals surface area contributed by atoms with Crippen LogP contribution in [-0.2, 0) is 13.2 Å². The quantitative estimate of drug-likeness (QED) is 0.467. The van der Waals surface area contributed by atoms with Gasteiger partial charge in [-0.05, 0) is 56.7 Å². The lowest BCUT2D eigenvalue weighted by Gasteiger charge is -2.05. The van der Waals surface area contributed by atoms with Gasteiger partial charge in [-0.25, -0.2) is 0 Å². The fourth-order valence-corrected chi connectivity index (χ4v) is 2.87. The van der Waals surface area contributed by atoms with Crippen LogP contribution >= 0.6 is 0 Å². The minimum Gasteiger partial charge on any atom is -0.486 e. The Bertz CT molecular complexity index is 1100. The van der Waals surface area contributed by atoms with E-state index >= 15 is 0 Å². The molecule has 0 saturated carbocycles. The zero-order valence-electron chi connectivity index (χ0n) is 18.3. The van der Waals surface area contributed by atoms with Crippen LogP contribution in [0.3, 0.4) is 0 Å². The Morgan fingerprint density at radius 1 is 1.06 bits per heavy atom. The SMILES string of the molecule is CCCNC(=O)c1nn(CC)cc1NC(=O)c1ccc(COc2ccc(C(C)=O)cc2)o1. The fraction of sp³-hybridized carbons (Fsp3) is 0.304. The molecule has 2 heterocycles. The molecule has 2 aromatic heterocycles. The van der Waals surface area contributed by atoms with Gasteiger partial charge in [-0.3, -0.25) is 19.1 Å². The number of ether oxygens (including phenoxy) is 1. The number of furan rings is 1. The third kappa shape index (κ3) is 5.63. The number of hydrogen-bond donors (Lipinski definition) is 2. The summed E-state index contributed by atoms with van der Waals surface area (Å²) in [7, 11) is 0. The Labute approximate surface area is 185 Å². The molecular formula is C23H26N4O5. The Kier molecular flexibility index (Phi) is 7.43. The molecular weight excluding hydrogens is 412 g/mol. The van der Waals surface area contributed by atoms with Crippen molar-refractivity contribution >= 4 is 23.3 Å². The molecule has 9 heteroatoms. The van der Waals surface area contributed by atoms with Crippen molar-refractivity contribution in [3.8, 4) is 5.75 Å². The number of nitrogens with zero attached hydrogens (tertiary/aromatic N) is 2. The number of aromatic nitrogens is 2. The van der Waals surface area contributed by atoms with Gasteiger partial charge in [0.25, 0.3) is 11.8 Å². The molecule has 3 rings (SSSR count). The van der Waals surface area contributed by atoms with Crippen LogP contribution in [0.25, 0.3) is 0 Å². The molecule has 2 N–H and O–H groups in total. The summed E-state index contributed by atoms with van der Waals surface area (Å²) in [4.78, 5) is 36.3. The number of hydrogen-bond acceptors (Lipinski definition) is 6. The van der Waals surface area contributed by atoms with Crippen molar-refractivity contribution in [1.29, 1.82) is 0 Å².